The highest BCUT2D eigenvalue weighted by atomic mass is 16.4. The Balaban J connectivity index is 1.47. The fraction of sp³-hybridized carbons (Fsp3) is 0.429. The van der Waals surface area contributed by atoms with Crippen LogP contribution in [0.2, 0.25) is 0 Å². The van der Waals surface area contributed by atoms with Gasteiger partial charge in [0.05, 0.1) is 23.9 Å². The van der Waals surface area contributed by atoms with E-state index in [4.69, 9.17) is 9.52 Å². The first kappa shape index (κ1) is 17.9. The molecule has 0 saturated heterocycles. The molecule has 0 unspecified atom stereocenters. The molecule has 2 aromatic rings. The summed E-state index contributed by atoms with van der Waals surface area (Å²) in [5, 5.41) is 15.3. The van der Waals surface area contributed by atoms with E-state index in [0.717, 1.165) is 48.8 Å². The standard InChI is InChI=1S/C21H25N7O/c1-4-16-14(2)6-5-10-28(16)24-12-17-18-15(22-13-23-18)7-11-27(17)20-26-25-19(29-20)21(3)8-9-21/h4-6,10,12-13,17H,7-9,11H2,1-3H3,(H,22,23)/b16-4-,24-12+/t17-/m0/s1. The zero-order valence-electron chi connectivity index (χ0n) is 17.0. The summed E-state index contributed by atoms with van der Waals surface area (Å²) in [7, 11) is 0. The molecule has 8 nitrogen and oxygen atoms in total. The Kier molecular flexibility index (Phi) is 4.15. The quantitative estimate of drug-likeness (QED) is 0.801. The molecule has 0 spiro atoms. The topological polar surface area (TPSA) is 86.4 Å². The molecule has 1 atom stereocenters. The van der Waals surface area contributed by atoms with Crippen molar-refractivity contribution >= 4 is 12.2 Å². The van der Waals surface area contributed by atoms with Crippen LogP contribution in [0.15, 0.2) is 51.5 Å². The van der Waals surface area contributed by atoms with Gasteiger partial charge in [-0.3, -0.25) is 0 Å². The van der Waals surface area contributed by atoms with Gasteiger partial charge in [0, 0.05) is 30.3 Å². The van der Waals surface area contributed by atoms with Gasteiger partial charge in [0.15, 0.2) is 0 Å². The number of nitrogens with one attached hydrogen (secondary N) is 1. The Bertz CT molecular complexity index is 1040. The van der Waals surface area contributed by atoms with Gasteiger partial charge in [0.2, 0.25) is 5.89 Å². The second kappa shape index (κ2) is 6.72. The van der Waals surface area contributed by atoms with E-state index < -0.39 is 0 Å². The molecule has 5 rings (SSSR count). The monoisotopic (exact) mass is 391 g/mol. The molecule has 0 radical (unpaired) electrons. The summed E-state index contributed by atoms with van der Waals surface area (Å²) in [6, 6.07) is 0.359. The molecule has 3 aliphatic rings. The van der Waals surface area contributed by atoms with Gasteiger partial charge in [-0.1, -0.05) is 24.2 Å². The highest BCUT2D eigenvalue weighted by Gasteiger charge is 2.45. The van der Waals surface area contributed by atoms with Crippen molar-refractivity contribution in [3.05, 3.63) is 59.3 Å². The van der Waals surface area contributed by atoms with Gasteiger partial charge in [0.25, 0.3) is 0 Å². The lowest BCUT2D eigenvalue weighted by molar-refractivity contribution is 0.435. The molecule has 8 heteroatoms. The first-order valence-electron chi connectivity index (χ1n) is 10.1. The molecular formula is C21H25N7O. The number of nitrogens with zero attached hydrogens (tertiary/aromatic N) is 6. The zero-order valence-corrected chi connectivity index (χ0v) is 17.0. The zero-order chi connectivity index (χ0) is 20.0. The Morgan fingerprint density at radius 3 is 3.00 bits per heavy atom. The van der Waals surface area contributed by atoms with E-state index >= 15 is 0 Å². The Morgan fingerprint density at radius 2 is 2.21 bits per heavy atom. The number of allylic oxidation sites excluding steroid dienone is 4. The summed E-state index contributed by atoms with van der Waals surface area (Å²) in [5.41, 5.74) is 4.36. The van der Waals surface area contributed by atoms with Crippen molar-refractivity contribution in [2.45, 2.75) is 51.5 Å². The normalized spacial score (nSPS) is 24.3. The molecule has 0 aromatic carbocycles. The van der Waals surface area contributed by atoms with Crippen LogP contribution in [0.4, 0.5) is 6.01 Å². The molecule has 1 N–H and O–H groups in total. The highest BCUT2D eigenvalue weighted by Crippen LogP contribution is 2.47. The van der Waals surface area contributed by atoms with Gasteiger partial charge in [0.1, 0.15) is 6.04 Å². The maximum absolute atomic E-state index is 6.08. The van der Waals surface area contributed by atoms with E-state index in [2.05, 4.69) is 51.1 Å². The third kappa shape index (κ3) is 3.08. The molecule has 0 amide bonds. The lowest BCUT2D eigenvalue weighted by Crippen LogP contribution is -2.37. The average Bonchev–Trinajstić information content (AvgIpc) is 3.14. The van der Waals surface area contributed by atoms with Crippen LogP contribution < -0.4 is 4.90 Å². The van der Waals surface area contributed by atoms with E-state index in [1.165, 1.54) is 5.57 Å². The molecule has 1 aliphatic carbocycles. The number of fused-ring (bicyclic) bond motifs is 1. The van der Waals surface area contributed by atoms with Gasteiger partial charge in [-0.25, -0.2) is 9.99 Å². The van der Waals surface area contributed by atoms with Crippen molar-refractivity contribution in [3.63, 3.8) is 0 Å². The second-order valence-corrected chi connectivity index (χ2v) is 8.08. The first-order chi connectivity index (χ1) is 14.1. The number of imidazole rings is 1. The molecule has 2 aromatic heterocycles. The molecule has 4 heterocycles. The van der Waals surface area contributed by atoms with Crippen LogP contribution in [0.25, 0.3) is 0 Å². The van der Waals surface area contributed by atoms with E-state index in [1.54, 1.807) is 6.33 Å². The summed E-state index contributed by atoms with van der Waals surface area (Å²) < 4.78 is 6.08. The van der Waals surface area contributed by atoms with Gasteiger partial charge in [-0.2, -0.15) is 5.10 Å². The van der Waals surface area contributed by atoms with Crippen molar-refractivity contribution in [2.24, 2.45) is 5.10 Å². The van der Waals surface area contributed by atoms with Crippen molar-refractivity contribution in [1.82, 2.24) is 25.2 Å². The van der Waals surface area contributed by atoms with Crippen LogP contribution in [0, 0.1) is 0 Å². The maximum atomic E-state index is 6.08. The summed E-state index contributed by atoms with van der Waals surface area (Å²) >= 11 is 0. The fourth-order valence-corrected chi connectivity index (χ4v) is 3.86. The minimum absolute atomic E-state index is 0.0470. The smallest absolute Gasteiger partial charge is 0.319 e. The van der Waals surface area contributed by atoms with E-state index in [9.17, 15) is 0 Å². The van der Waals surface area contributed by atoms with Gasteiger partial charge in [-0.05, 0) is 38.3 Å². The van der Waals surface area contributed by atoms with E-state index in [-0.39, 0.29) is 11.5 Å². The van der Waals surface area contributed by atoms with Gasteiger partial charge < -0.3 is 14.3 Å². The van der Waals surface area contributed by atoms with Crippen LogP contribution in [0.3, 0.4) is 0 Å². The predicted molar refractivity (Wildman–Crippen MR) is 110 cm³/mol. The van der Waals surface area contributed by atoms with Crippen LogP contribution in [-0.2, 0) is 11.8 Å². The minimum Gasteiger partial charge on any atom is -0.407 e. The second-order valence-electron chi connectivity index (χ2n) is 8.08. The predicted octanol–water partition coefficient (Wildman–Crippen LogP) is 3.61. The Hall–Kier alpha value is -3.16. The number of hydrogen-bond donors (Lipinski definition) is 1. The lowest BCUT2D eigenvalue weighted by atomic mass is 10.0. The number of hydrazone groups is 1. The van der Waals surface area contributed by atoms with Crippen LogP contribution >= 0.6 is 0 Å². The average molecular weight is 391 g/mol. The van der Waals surface area contributed by atoms with Crippen LogP contribution in [-0.4, -0.2) is 37.9 Å². The highest BCUT2D eigenvalue weighted by molar-refractivity contribution is 5.72. The van der Waals surface area contributed by atoms with Crippen molar-refractivity contribution in [1.29, 1.82) is 0 Å². The SMILES string of the molecule is C/C=C1/C(C)=CC=CN1/N=C/[C@H]1c2nc[nH]c2CCN1c1nnc(C2(C)CC2)o1. The number of H-pyrrole nitrogens is 1. The van der Waals surface area contributed by atoms with Crippen molar-refractivity contribution in [3.8, 4) is 0 Å². The summed E-state index contributed by atoms with van der Waals surface area (Å²) in [6.45, 7) is 7.03. The van der Waals surface area contributed by atoms with Gasteiger partial charge in [-0.15, -0.1) is 5.10 Å². The lowest BCUT2D eigenvalue weighted by Gasteiger charge is -2.31. The summed E-state index contributed by atoms with van der Waals surface area (Å²) in [4.78, 5) is 9.91. The van der Waals surface area contributed by atoms with Crippen molar-refractivity contribution < 1.29 is 4.42 Å². The molecular weight excluding hydrogens is 366 g/mol. The molecule has 1 saturated carbocycles. The van der Waals surface area contributed by atoms with Crippen LogP contribution in [0.1, 0.15) is 56.9 Å². The largest absolute Gasteiger partial charge is 0.407 e. The molecule has 29 heavy (non-hydrogen) atoms. The molecule has 2 aliphatic heterocycles. The third-order valence-corrected chi connectivity index (χ3v) is 5.98. The summed E-state index contributed by atoms with van der Waals surface area (Å²) in [5.74, 6) is 0.729. The van der Waals surface area contributed by atoms with E-state index in [0.29, 0.717) is 6.01 Å². The number of anilines is 1. The van der Waals surface area contributed by atoms with E-state index in [1.807, 2.05) is 30.4 Å². The Morgan fingerprint density at radius 1 is 1.34 bits per heavy atom. The molecule has 0 bridgehead atoms. The van der Waals surface area contributed by atoms with Gasteiger partial charge >= 0.3 is 6.01 Å². The van der Waals surface area contributed by atoms with Crippen LogP contribution in [0.5, 0.6) is 0 Å². The minimum atomic E-state index is -0.178. The number of aromatic amines is 1. The molecule has 150 valence electrons. The number of rotatable bonds is 4. The summed E-state index contributed by atoms with van der Waals surface area (Å²) in [6.07, 6.45) is 14.8. The fourth-order valence-electron chi connectivity index (χ4n) is 3.86. The number of hydrogen-bond acceptors (Lipinski definition) is 7. The maximum Gasteiger partial charge on any atom is 0.319 e. The molecule has 1 fully saturated rings. The number of aromatic nitrogens is 4. The van der Waals surface area contributed by atoms with Crippen molar-refractivity contribution in [2.75, 3.05) is 11.4 Å². The third-order valence-electron chi connectivity index (χ3n) is 5.98. The Labute approximate surface area is 169 Å². The first-order valence-corrected chi connectivity index (χ1v) is 10.1.